The molecule has 0 saturated carbocycles. The lowest BCUT2D eigenvalue weighted by molar-refractivity contribution is -0.137. The minimum atomic E-state index is -4.37. The van der Waals surface area contributed by atoms with Gasteiger partial charge in [-0.1, -0.05) is 12.1 Å². The summed E-state index contributed by atoms with van der Waals surface area (Å²) >= 11 is 0. The van der Waals surface area contributed by atoms with Gasteiger partial charge in [0.25, 0.3) is 0 Å². The third kappa shape index (κ3) is 3.59. The van der Waals surface area contributed by atoms with E-state index < -0.39 is 11.7 Å². The topological polar surface area (TPSA) is 59.9 Å². The largest absolute Gasteiger partial charge is 0.464 e. The lowest BCUT2D eigenvalue weighted by Crippen LogP contribution is -2.06. The van der Waals surface area contributed by atoms with Gasteiger partial charge in [-0.05, 0) is 19.1 Å². The molecule has 0 spiro atoms. The van der Waals surface area contributed by atoms with Crippen LogP contribution in [0, 0.1) is 0 Å². The highest BCUT2D eigenvalue weighted by molar-refractivity contribution is 5.57. The van der Waals surface area contributed by atoms with Gasteiger partial charge in [0, 0.05) is 12.6 Å². The molecule has 21 heavy (non-hydrogen) atoms. The molecule has 2 aromatic rings. The highest BCUT2D eigenvalue weighted by Gasteiger charge is 2.30. The fourth-order valence-corrected chi connectivity index (χ4v) is 1.60. The van der Waals surface area contributed by atoms with Crippen LogP contribution in [0.2, 0.25) is 0 Å². The molecule has 8 heteroatoms. The molecule has 1 aromatic carbocycles. The normalized spacial score (nSPS) is 11.3. The van der Waals surface area contributed by atoms with Crippen molar-refractivity contribution in [2.24, 2.45) is 0 Å². The van der Waals surface area contributed by atoms with Gasteiger partial charge in [-0.15, -0.1) is 0 Å². The second kappa shape index (κ2) is 5.94. The van der Waals surface area contributed by atoms with E-state index in [2.05, 4.69) is 20.3 Å². The maximum atomic E-state index is 12.5. The molecule has 1 heterocycles. The SMILES string of the molecule is CCOc1nc(NC)nc(-c2ccc(C(F)(F)F)cc2)n1. The number of rotatable bonds is 4. The molecule has 0 bridgehead atoms. The fraction of sp³-hybridized carbons (Fsp3) is 0.308. The van der Waals surface area contributed by atoms with Gasteiger partial charge >= 0.3 is 12.2 Å². The summed E-state index contributed by atoms with van der Waals surface area (Å²) in [4.78, 5) is 12.2. The van der Waals surface area contributed by atoms with E-state index in [0.717, 1.165) is 12.1 Å². The second-order valence-corrected chi connectivity index (χ2v) is 4.02. The van der Waals surface area contributed by atoms with Crippen molar-refractivity contribution in [2.75, 3.05) is 19.0 Å². The summed E-state index contributed by atoms with van der Waals surface area (Å²) in [5.41, 5.74) is -0.276. The van der Waals surface area contributed by atoms with Gasteiger partial charge in [-0.3, -0.25) is 0 Å². The molecule has 5 nitrogen and oxygen atoms in total. The van der Waals surface area contributed by atoms with Crippen molar-refractivity contribution >= 4 is 5.95 Å². The Balaban J connectivity index is 2.39. The number of hydrogen-bond acceptors (Lipinski definition) is 5. The summed E-state index contributed by atoms with van der Waals surface area (Å²) < 4.78 is 42.8. The number of halogens is 3. The molecule has 1 N–H and O–H groups in total. The number of nitrogens with zero attached hydrogens (tertiary/aromatic N) is 3. The van der Waals surface area contributed by atoms with Crippen LogP contribution in [-0.2, 0) is 6.18 Å². The molecule has 1 aromatic heterocycles. The summed E-state index contributed by atoms with van der Waals surface area (Å²) in [5.74, 6) is 0.523. The minimum Gasteiger partial charge on any atom is -0.464 e. The van der Waals surface area contributed by atoms with Crippen LogP contribution in [0.1, 0.15) is 12.5 Å². The van der Waals surface area contributed by atoms with Crippen molar-refractivity contribution in [2.45, 2.75) is 13.1 Å². The van der Waals surface area contributed by atoms with E-state index in [1.54, 1.807) is 14.0 Å². The molecular weight excluding hydrogens is 285 g/mol. The lowest BCUT2D eigenvalue weighted by Gasteiger charge is -2.09. The van der Waals surface area contributed by atoms with Gasteiger partial charge in [-0.25, -0.2) is 0 Å². The standard InChI is InChI=1S/C13H13F3N4O/c1-3-21-12-19-10(18-11(17-2)20-12)8-4-6-9(7-5-8)13(14,15)16/h4-7H,3H2,1-2H3,(H,17,18,19,20). The number of hydrogen-bond donors (Lipinski definition) is 1. The highest BCUT2D eigenvalue weighted by Crippen LogP contribution is 2.30. The van der Waals surface area contributed by atoms with E-state index in [9.17, 15) is 13.2 Å². The first kappa shape index (κ1) is 15.0. The number of nitrogens with one attached hydrogen (secondary N) is 1. The molecule has 0 atom stereocenters. The molecule has 0 fully saturated rings. The van der Waals surface area contributed by atoms with Crippen molar-refractivity contribution in [3.8, 4) is 17.4 Å². The molecule has 0 aliphatic heterocycles. The Morgan fingerprint density at radius 1 is 1.10 bits per heavy atom. The van der Waals surface area contributed by atoms with Gasteiger partial charge in [0.15, 0.2) is 5.82 Å². The minimum absolute atomic E-state index is 0.117. The van der Waals surface area contributed by atoms with E-state index >= 15 is 0 Å². The number of ether oxygens (including phenoxy) is 1. The van der Waals surface area contributed by atoms with Crippen LogP contribution in [-0.4, -0.2) is 28.6 Å². The Labute approximate surface area is 119 Å². The number of aromatic nitrogens is 3. The van der Waals surface area contributed by atoms with Crippen LogP contribution in [0.15, 0.2) is 24.3 Å². The highest BCUT2D eigenvalue weighted by atomic mass is 19.4. The lowest BCUT2D eigenvalue weighted by atomic mass is 10.1. The van der Waals surface area contributed by atoms with Gasteiger partial charge in [0.1, 0.15) is 0 Å². The smallest absolute Gasteiger partial charge is 0.416 e. The maximum absolute atomic E-state index is 12.5. The fourth-order valence-electron chi connectivity index (χ4n) is 1.60. The Morgan fingerprint density at radius 2 is 1.76 bits per heavy atom. The average molecular weight is 298 g/mol. The zero-order chi connectivity index (χ0) is 15.5. The summed E-state index contributed by atoms with van der Waals surface area (Å²) in [6, 6.07) is 4.71. The molecule has 0 saturated heterocycles. The zero-order valence-corrected chi connectivity index (χ0v) is 11.4. The molecule has 112 valence electrons. The van der Waals surface area contributed by atoms with Gasteiger partial charge in [0.2, 0.25) is 5.95 Å². The quantitative estimate of drug-likeness (QED) is 0.940. The summed E-state index contributed by atoms with van der Waals surface area (Å²) in [5, 5.41) is 2.75. The molecular formula is C13H13F3N4O. The van der Waals surface area contributed by atoms with Crippen LogP contribution in [0.25, 0.3) is 11.4 Å². The number of benzene rings is 1. The van der Waals surface area contributed by atoms with Crippen LogP contribution < -0.4 is 10.1 Å². The summed E-state index contributed by atoms with van der Waals surface area (Å²) in [6.07, 6.45) is -4.37. The zero-order valence-electron chi connectivity index (χ0n) is 11.4. The third-order valence-corrected chi connectivity index (χ3v) is 2.58. The number of anilines is 1. The second-order valence-electron chi connectivity index (χ2n) is 4.02. The van der Waals surface area contributed by atoms with E-state index in [1.807, 2.05) is 0 Å². The Morgan fingerprint density at radius 3 is 2.29 bits per heavy atom. The molecule has 0 unspecified atom stereocenters. The molecule has 0 aliphatic carbocycles. The predicted molar refractivity (Wildman–Crippen MR) is 71.0 cm³/mol. The molecule has 0 radical (unpaired) electrons. The van der Waals surface area contributed by atoms with Gasteiger partial charge in [0.05, 0.1) is 12.2 Å². The van der Waals surface area contributed by atoms with Gasteiger partial charge < -0.3 is 10.1 Å². The molecule has 2 rings (SSSR count). The van der Waals surface area contributed by atoms with Crippen molar-refractivity contribution < 1.29 is 17.9 Å². The van der Waals surface area contributed by atoms with Crippen LogP contribution in [0.4, 0.5) is 19.1 Å². The third-order valence-electron chi connectivity index (χ3n) is 2.58. The van der Waals surface area contributed by atoms with E-state index in [0.29, 0.717) is 12.2 Å². The van der Waals surface area contributed by atoms with Crippen LogP contribution >= 0.6 is 0 Å². The Hall–Kier alpha value is -2.38. The molecule has 0 amide bonds. The monoisotopic (exact) mass is 298 g/mol. The van der Waals surface area contributed by atoms with Crippen molar-refractivity contribution in [3.05, 3.63) is 29.8 Å². The molecule has 0 aliphatic rings. The Bertz CT molecular complexity index is 614. The van der Waals surface area contributed by atoms with Crippen LogP contribution in [0.5, 0.6) is 6.01 Å². The van der Waals surface area contributed by atoms with Gasteiger partial charge in [-0.2, -0.15) is 28.1 Å². The van der Waals surface area contributed by atoms with Crippen LogP contribution in [0.3, 0.4) is 0 Å². The maximum Gasteiger partial charge on any atom is 0.416 e. The average Bonchev–Trinajstić information content (AvgIpc) is 2.46. The van der Waals surface area contributed by atoms with E-state index in [4.69, 9.17) is 4.74 Å². The number of alkyl halides is 3. The summed E-state index contributed by atoms with van der Waals surface area (Å²) in [6.45, 7) is 2.15. The first-order chi connectivity index (χ1) is 9.94. The summed E-state index contributed by atoms with van der Waals surface area (Å²) in [7, 11) is 1.63. The first-order valence-electron chi connectivity index (χ1n) is 6.18. The van der Waals surface area contributed by atoms with Crippen molar-refractivity contribution in [3.63, 3.8) is 0 Å². The van der Waals surface area contributed by atoms with E-state index in [1.165, 1.54) is 12.1 Å². The van der Waals surface area contributed by atoms with Crippen molar-refractivity contribution in [1.29, 1.82) is 0 Å². The van der Waals surface area contributed by atoms with Crippen molar-refractivity contribution in [1.82, 2.24) is 15.0 Å². The first-order valence-corrected chi connectivity index (χ1v) is 6.18. The Kier molecular flexibility index (Phi) is 4.25. The van der Waals surface area contributed by atoms with E-state index in [-0.39, 0.29) is 17.8 Å². The predicted octanol–water partition coefficient (Wildman–Crippen LogP) is 3.00.